The predicted octanol–water partition coefficient (Wildman–Crippen LogP) is 3.38. The molecule has 0 atom stereocenters. The predicted molar refractivity (Wildman–Crippen MR) is 103 cm³/mol. The third-order valence-corrected chi connectivity index (χ3v) is 4.79. The second-order valence-corrected chi connectivity index (χ2v) is 6.96. The van der Waals surface area contributed by atoms with Crippen molar-refractivity contribution >= 4 is 17.4 Å². The van der Waals surface area contributed by atoms with Crippen LogP contribution in [0.3, 0.4) is 0 Å². The van der Waals surface area contributed by atoms with Gasteiger partial charge in [0.05, 0.1) is 6.26 Å². The third-order valence-electron chi connectivity index (χ3n) is 4.79. The minimum atomic E-state index is 0.321. The highest BCUT2D eigenvalue weighted by Gasteiger charge is 2.26. The molecular weight excluding hydrogens is 340 g/mol. The van der Waals surface area contributed by atoms with Crippen molar-refractivity contribution in [1.82, 2.24) is 19.6 Å². The van der Waals surface area contributed by atoms with E-state index in [0.717, 1.165) is 24.8 Å². The zero-order valence-electron chi connectivity index (χ0n) is 14.8. The fourth-order valence-electron chi connectivity index (χ4n) is 3.23. The van der Waals surface area contributed by atoms with Gasteiger partial charge in [0.25, 0.3) is 0 Å². The highest BCUT2D eigenvalue weighted by Crippen LogP contribution is 2.32. The maximum absolute atomic E-state index is 6.19. The second kappa shape index (κ2) is 6.42. The maximum Gasteiger partial charge on any atom is 0.225 e. The molecule has 0 unspecified atom stereocenters. The second-order valence-electron chi connectivity index (χ2n) is 6.96. The summed E-state index contributed by atoms with van der Waals surface area (Å²) in [7, 11) is 0. The maximum atomic E-state index is 6.19. The lowest BCUT2D eigenvalue weighted by atomic mass is 10.2. The Morgan fingerprint density at radius 2 is 1.96 bits per heavy atom. The van der Waals surface area contributed by atoms with Gasteiger partial charge in [-0.15, -0.1) is 5.10 Å². The summed E-state index contributed by atoms with van der Waals surface area (Å²) < 4.78 is 6.95. The highest BCUT2D eigenvalue weighted by molar-refractivity contribution is 5.59. The molecule has 1 aromatic carbocycles. The first-order valence-electron chi connectivity index (χ1n) is 9.12. The van der Waals surface area contributed by atoms with Gasteiger partial charge < -0.3 is 15.1 Å². The zero-order chi connectivity index (χ0) is 18.2. The first-order valence-corrected chi connectivity index (χ1v) is 9.12. The molecule has 4 aromatic rings. The Bertz CT molecular complexity index is 1050. The molecule has 2 N–H and O–H groups in total. The van der Waals surface area contributed by atoms with Crippen molar-refractivity contribution in [1.29, 1.82) is 0 Å². The SMILES string of the molecule is Nc1nc(N(Cc2ccccc2)CC2CC2)cc2nc(-c3ccco3)nn12. The van der Waals surface area contributed by atoms with Gasteiger partial charge in [-0.05, 0) is 36.5 Å². The van der Waals surface area contributed by atoms with Gasteiger partial charge in [-0.3, -0.25) is 0 Å². The van der Waals surface area contributed by atoms with Crippen LogP contribution < -0.4 is 10.6 Å². The van der Waals surface area contributed by atoms with E-state index in [-0.39, 0.29) is 0 Å². The normalized spacial score (nSPS) is 13.9. The Morgan fingerprint density at radius 3 is 2.70 bits per heavy atom. The number of hydrogen-bond acceptors (Lipinski definition) is 6. The summed E-state index contributed by atoms with van der Waals surface area (Å²) in [4.78, 5) is 11.5. The van der Waals surface area contributed by atoms with E-state index in [4.69, 9.17) is 10.2 Å². The van der Waals surface area contributed by atoms with Crippen molar-refractivity contribution < 1.29 is 4.42 Å². The Hall–Kier alpha value is -3.35. The quantitative estimate of drug-likeness (QED) is 0.567. The average molecular weight is 360 g/mol. The molecule has 0 bridgehead atoms. The van der Waals surface area contributed by atoms with Crippen LogP contribution in [0.5, 0.6) is 0 Å². The summed E-state index contributed by atoms with van der Waals surface area (Å²) in [5, 5.41) is 4.42. The van der Waals surface area contributed by atoms with E-state index in [9.17, 15) is 0 Å². The molecule has 0 spiro atoms. The van der Waals surface area contributed by atoms with Gasteiger partial charge in [-0.25, -0.2) is 4.98 Å². The molecule has 1 aliphatic rings. The van der Waals surface area contributed by atoms with E-state index >= 15 is 0 Å². The van der Waals surface area contributed by atoms with Crippen LogP contribution in [-0.2, 0) is 6.54 Å². The lowest BCUT2D eigenvalue weighted by molar-refractivity contribution is 0.577. The first kappa shape index (κ1) is 15.9. The molecule has 136 valence electrons. The van der Waals surface area contributed by atoms with Crippen LogP contribution in [-0.4, -0.2) is 26.1 Å². The lowest BCUT2D eigenvalue weighted by Crippen LogP contribution is -2.26. The molecular formula is C20H20N6O. The van der Waals surface area contributed by atoms with Gasteiger partial charge in [0, 0.05) is 19.2 Å². The number of fused-ring (bicyclic) bond motifs is 1. The van der Waals surface area contributed by atoms with E-state index < -0.39 is 0 Å². The van der Waals surface area contributed by atoms with Crippen molar-refractivity contribution in [3.63, 3.8) is 0 Å². The van der Waals surface area contributed by atoms with E-state index in [2.05, 4.69) is 44.2 Å². The number of anilines is 2. The van der Waals surface area contributed by atoms with E-state index in [1.165, 1.54) is 18.4 Å². The standard InChI is InChI=1S/C20H20N6O/c21-20-23-17(11-18-22-19(24-26(18)20)16-7-4-10-27-16)25(13-15-8-9-15)12-14-5-2-1-3-6-14/h1-7,10-11,15H,8-9,12-13H2,(H2,21,23). The summed E-state index contributed by atoms with van der Waals surface area (Å²) in [6.45, 7) is 1.76. The van der Waals surface area contributed by atoms with E-state index in [1.807, 2.05) is 24.3 Å². The van der Waals surface area contributed by atoms with Crippen LogP contribution in [0.2, 0.25) is 0 Å². The van der Waals surface area contributed by atoms with Crippen LogP contribution in [0.15, 0.2) is 59.2 Å². The van der Waals surface area contributed by atoms with Gasteiger partial charge in [0.2, 0.25) is 11.8 Å². The summed E-state index contributed by atoms with van der Waals surface area (Å²) >= 11 is 0. The molecule has 3 heterocycles. The van der Waals surface area contributed by atoms with Crippen molar-refractivity contribution in [3.8, 4) is 11.6 Å². The van der Waals surface area contributed by atoms with Crippen molar-refractivity contribution in [2.45, 2.75) is 19.4 Å². The van der Waals surface area contributed by atoms with Crippen LogP contribution in [0.25, 0.3) is 17.2 Å². The zero-order valence-corrected chi connectivity index (χ0v) is 14.8. The Kier molecular flexibility index (Phi) is 3.78. The summed E-state index contributed by atoms with van der Waals surface area (Å²) in [6.07, 6.45) is 4.15. The highest BCUT2D eigenvalue weighted by atomic mass is 16.3. The summed E-state index contributed by atoms with van der Waals surface area (Å²) in [5.74, 6) is 2.99. The molecule has 1 saturated carbocycles. The number of furan rings is 1. The Balaban J connectivity index is 1.52. The van der Waals surface area contributed by atoms with E-state index in [0.29, 0.717) is 23.2 Å². The topological polar surface area (TPSA) is 85.5 Å². The molecule has 1 aliphatic carbocycles. The van der Waals surface area contributed by atoms with Crippen LogP contribution in [0, 0.1) is 5.92 Å². The molecule has 0 amide bonds. The molecule has 3 aromatic heterocycles. The molecule has 1 fully saturated rings. The molecule has 27 heavy (non-hydrogen) atoms. The van der Waals surface area contributed by atoms with Crippen LogP contribution in [0.4, 0.5) is 11.8 Å². The van der Waals surface area contributed by atoms with Crippen molar-refractivity contribution in [2.75, 3.05) is 17.2 Å². The number of rotatable bonds is 6. The molecule has 0 radical (unpaired) electrons. The van der Waals surface area contributed by atoms with Crippen molar-refractivity contribution in [2.24, 2.45) is 5.92 Å². The fraction of sp³-hybridized carbons (Fsp3) is 0.250. The summed E-state index contributed by atoms with van der Waals surface area (Å²) in [5.41, 5.74) is 8.10. The third kappa shape index (κ3) is 3.23. The van der Waals surface area contributed by atoms with Crippen LogP contribution >= 0.6 is 0 Å². The molecule has 5 rings (SSSR count). The van der Waals surface area contributed by atoms with Gasteiger partial charge in [0.1, 0.15) is 5.82 Å². The number of hydrogen-bond donors (Lipinski definition) is 1. The lowest BCUT2D eigenvalue weighted by Gasteiger charge is -2.24. The number of nitrogens with zero attached hydrogens (tertiary/aromatic N) is 5. The largest absolute Gasteiger partial charge is 0.461 e. The first-order chi connectivity index (χ1) is 13.3. The van der Waals surface area contributed by atoms with Gasteiger partial charge in [0.15, 0.2) is 11.4 Å². The average Bonchev–Trinajstić information content (AvgIpc) is 3.16. The van der Waals surface area contributed by atoms with Gasteiger partial charge >= 0.3 is 0 Å². The molecule has 0 saturated heterocycles. The fourth-order valence-corrected chi connectivity index (χ4v) is 3.23. The summed E-state index contributed by atoms with van der Waals surface area (Å²) in [6, 6.07) is 16.0. The molecule has 7 heteroatoms. The number of nitrogen functional groups attached to an aromatic ring is 1. The number of aromatic nitrogens is 4. The molecule has 7 nitrogen and oxygen atoms in total. The monoisotopic (exact) mass is 360 g/mol. The number of nitrogens with two attached hydrogens (primary N) is 1. The molecule has 0 aliphatic heterocycles. The van der Waals surface area contributed by atoms with Crippen molar-refractivity contribution in [3.05, 3.63) is 60.4 Å². The van der Waals surface area contributed by atoms with E-state index in [1.54, 1.807) is 10.8 Å². The smallest absolute Gasteiger partial charge is 0.225 e. The number of benzene rings is 1. The Labute approximate surface area is 156 Å². The minimum absolute atomic E-state index is 0.321. The van der Waals surface area contributed by atoms with Gasteiger partial charge in [-0.2, -0.15) is 9.50 Å². The minimum Gasteiger partial charge on any atom is -0.461 e. The Morgan fingerprint density at radius 1 is 1.11 bits per heavy atom. The van der Waals surface area contributed by atoms with Crippen LogP contribution in [0.1, 0.15) is 18.4 Å². The van der Waals surface area contributed by atoms with Gasteiger partial charge in [-0.1, -0.05) is 30.3 Å².